The fraction of sp³-hybridized carbons (Fsp3) is 0.417. The van der Waals surface area contributed by atoms with E-state index in [2.05, 4.69) is 5.16 Å². The second-order valence-corrected chi connectivity index (χ2v) is 4.09. The minimum absolute atomic E-state index is 0.0576. The zero-order valence-electron chi connectivity index (χ0n) is 10.2. The van der Waals surface area contributed by atoms with Gasteiger partial charge in [-0.15, -0.1) is 0 Å². The molecule has 1 aromatic carbocycles. The first-order valence-electron chi connectivity index (χ1n) is 5.88. The molecule has 0 radical (unpaired) electrons. The molecule has 0 unspecified atom stereocenters. The molecule has 1 aliphatic heterocycles. The molecule has 2 rings (SSSR count). The van der Waals surface area contributed by atoms with Gasteiger partial charge >= 0.3 is 0 Å². The Kier molecular flexibility index (Phi) is 4.43. The van der Waals surface area contributed by atoms with Gasteiger partial charge in [-0.25, -0.2) is 0 Å². The van der Waals surface area contributed by atoms with E-state index in [1.807, 2.05) is 0 Å². The molecule has 7 heteroatoms. The van der Waals surface area contributed by atoms with E-state index < -0.39 is 11.2 Å². The molecule has 0 aliphatic carbocycles. The largest absolute Gasteiger partial charge is 0.411 e. The molecule has 1 aliphatic rings. The maximum absolute atomic E-state index is 10.5. The third-order valence-electron chi connectivity index (χ3n) is 2.84. The van der Waals surface area contributed by atoms with Crippen LogP contribution in [0.25, 0.3) is 0 Å². The molecule has 0 aromatic heterocycles. The van der Waals surface area contributed by atoms with Gasteiger partial charge in [0.25, 0.3) is 5.69 Å². The van der Waals surface area contributed by atoms with E-state index in [1.165, 1.54) is 12.1 Å². The summed E-state index contributed by atoms with van der Waals surface area (Å²) in [5.74, 6) is 0. The van der Waals surface area contributed by atoms with Crippen LogP contribution in [0.1, 0.15) is 12.0 Å². The molecule has 19 heavy (non-hydrogen) atoms. The zero-order valence-corrected chi connectivity index (χ0v) is 10.2. The molecule has 7 nitrogen and oxygen atoms in total. The van der Waals surface area contributed by atoms with Crippen LogP contribution < -0.4 is 0 Å². The average molecular weight is 266 g/mol. The molecule has 0 bridgehead atoms. The lowest BCUT2D eigenvalue weighted by atomic mass is 10.1. The Morgan fingerprint density at radius 3 is 2.53 bits per heavy atom. The van der Waals surface area contributed by atoms with Gasteiger partial charge in [-0.1, -0.05) is 17.3 Å². The molecule has 0 atom stereocenters. The zero-order chi connectivity index (χ0) is 13.7. The van der Waals surface area contributed by atoms with E-state index in [9.17, 15) is 10.1 Å². The van der Waals surface area contributed by atoms with Crippen LogP contribution in [0.3, 0.4) is 0 Å². The van der Waals surface area contributed by atoms with Crippen molar-refractivity contribution in [3.63, 3.8) is 0 Å². The first kappa shape index (κ1) is 13.4. The smallest absolute Gasteiger partial charge is 0.269 e. The van der Waals surface area contributed by atoms with E-state index in [-0.39, 0.29) is 5.69 Å². The van der Waals surface area contributed by atoms with Crippen LogP contribution in [0.5, 0.6) is 0 Å². The number of non-ortho nitro benzene ring substituents is 1. The minimum Gasteiger partial charge on any atom is -0.411 e. The Bertz CT molecular complexity index is 466. The minimum atomic E-state index is -0.581. The maximum atomic E-state index is 10.5. The standard InChI is InChI=1S/C12H14N2O5/c15-13-11(12-18-7-8-19-12)6-3-9-1-4-10(5-2-9)14(16)17/h1-2,4-5,12,15H,3,6-8H2/b13-11-. The lowest BCUT2D eigenvalue weighted by Crippen LogP contribution is -2.22. The number of oxime groups is 1. The highest BCUT2D eigenvalue weighted by Gasteiger charge is 2.22. The van der Waals surface area contributed by atoms with E-state index >= 15 is 0 Å². The Morgan fingerprint density at radius 2 is 2.00 bits per heavy atom. The second kappa shape index (κ2) is 6.26. The molecular formula is C12H14N2O5. The van der Waals surface area contributed by atoms with Crippen molar-refractivity contribution in [1.82, 2.24) is 0 Å². The Labute approximate surface area is 109 Å². The molecule has 1 fully saturated rings. The van der Waals surface area contributed by atoms with Crippen LogP contribution in [-0.4, -0.2) is 35.3 Å². The van der Waals surface area contributed by atoms with Crippen LogP contribution in [0.15, 0.2) is 29.4 Å². The lowest BCUT2D eigenvalue weighted by molar-refractivity contribution is -0.384. The van der Waals surface area contributed by atoms with Crippen molar-refractivity contribution >= 4 is 11.4 Å². The highest BCUT2D eigenvalue weighted by molar-refractivity contribution is 5.87. The summed E-state index contributed by atoms with van der Waals surface area (Å²) in [4.78, 5) is 10.1. The number of ether oxygens (including phenoxy) is 2. The van der Waals surface area contributed by atoms with Gasteiger partial charge in [-0.05, 0) is 18.4 Å². The summed E-state index contributed by atoms with van der Waals surface area (Å²) in [6.07, 6.45) is 0.489. The van der Waals surface area contributed by atoms with Crippen LogP contribution in [0, 0.1) is 10.1 Å². The monoisotopic (exact) mass is 266 g/mol. The Hall–Kier alpha value is -1.99. The van der Waals surface area contributed by atoms with Crippen molar-refractivity contribution in [2.24, 2.45) is 5.16 Å². The molecule has 0 amide bonds. The number of rotatable bonds is 5. The Balaban J connectivity index is 1.92. The predicted molar refractivity (Wildman–Crippen MR) is 66.3 cm³/mol. The summed E-state index contributed by atoms with van der Waals surface area (Å²) in [7, 11) is 0. The van der Waals surface area contributed by atoms with Gasteiger partial charge in [0.05, 0.1) is 18.1 Å². The second-order valence-electron chi connectivity index (χ2n) is 4.09. The topological polar surface area (TPSA) is 94.2 Å². The van der Waals surface area contributed by atoms with Gasteiger partial charge in [0, 0.05) is 12.1 Å². The highest BCUT2D eigenvalue weighted by atomic mass is 16.7. The number of nitrogens with zero attached hydrogens (tertiary/aromatic N) is 2. The number of nitro benzene ring substituents is 1. The van der Waals surface area contributed by atoms with E-state index in [0.717, 1.165) is 5.56 Å². The van der Waals surface area contributed by atoms with Crippen LogP contribution in [-0.2, 0) is 15.9 Å². The maximum Gasteiger partial charge on any atom is 0.269 e. The third-order valence-corrected chi connectivity index (χ3v) is 2.84. The van der Waals surface area contributed by atoms with Gasteiger partial charge in [-0.3, -0.25) is 10.1 Å². The molecule has 102 valence electrons. The number of benzene rings is 1. The quantitative estimate of drug-likeness (QED) is 0.379. The van der Waals surface area contributed by atoms with Crippen molar-refractivity contribution in [2.45, 2.75) is 19.1 Å². The van der Waals surface area contributed by atoms with Gasteiger partial charge in [-0.2, -0.15) is 0 Å². The van der Waals surface area contributed by atoms with Crippen molar-refractivity contribution in [2.75, 3.05) is 13.2 Å². The summed E-state index contributed by atoms with van der Waals surface area (Å²) in [5, 5.41) is 22.6. The summed E-state index contributed by atoms with van der Waals surface area (Å²) in [6.45, 7) is 0.975. The molecule has 1 aromatic rings. The SMILES string of the molecule is O=[N+]([O-])c1ccc(CC/C(=N/O)C2OCCO2)cc1. The summed E-state index contributed by atoms with van der Waals surface area (Å²) in [6, 6.07) is 6.27. The van der Waals surface area contributed by atoms with Gasteiger partial charge in [0.15, 0.2) is 0 Å². The first-order valence-corrected chi connectivity index (χ1v) is 5.88. The number of hydrogen-bond acceptors (Lipinski definition) is 6. The molecule has 0 spiro atoms. The summed E-state index contributed by atoms with van der Waals surface area (Å²) >= 11 is 0. The summed E-state index contributed by atoms with van der Waals surface area (Å²) < 4.78 is 10.5. The Morgan fingerprint density at radius 1 is 1.37 bits per heavy atom. The summed E-state index contributed by atoms with van der Waals surface area (Å²) in [5.41, 5.74) is 1.41. The number of nitro groups is 1. The average Bonchev–Trinajstić information content (AvgIpc) is 2.94. The van der Waals surface area contributed by atoms with Crippen molar-refractivity contribution < 1.29 is 19.6 Å². The normalized spacial score (nSPS) is 16.7. The van der Waals surface area contributed by atoms with Crippen LogP contribution in [0.2, 0.25) is 0 Å². The van der Waals surface area contributed by atoms with Gasteiger partial charge in [0.1, 0.15) is 5.71 Å². The number of aryl methyl sites for hydroxylation is 1. The van der Waals surface area contributed by atoms with Crippen LogP contribution >= 0.6 is 0 Å². The lowest BCUT2D eigenvalue weighted by Gasteiger charge is -2.10. The molecule has 1 N–H and O–H groups in total. The fourth-order valence-electron chi connectivity index (χ4n) is 1.82. The molecule has 0 saturated carbocycles. The van der Waals surface area contributed by atoms with Gasteiger partial charge < -0.3 is 14.7 Å². The molecule has 1 heterocycles. The van der Waals surface area contributed by atoms with E-state index in [0.29, 0.717) is 31.8 Å². The van der Waals surface area contributed by atoms with Crippen LogP contribution in [0.4, 0.5) is 5.69 Å². The fourth-order valence-corrected chi connectivity index (χ4v) is 1.82. The molecular weight excluding hydrogens is 252 g/mol. The molecule has 1 saturated heterocycles. The van der Waals surface area contributed by atoms with Crippen molar-refractivity contribution in [1.29, 1.82) is 0 Å². The number of hydrogen-bond donors (Lipinski definition) is 1. The predicted octanol–water partition coefficient (Wildman–Crippen LogP) is 1.73. The van der Waals surface area contributed by atoms with Crippen molar-refractivity contribution in [3.05, 3.63) is 39.9 Å². The van der Waals surface area contributed by atoms with Crippen molar-refractivity contribution in [3.8, 4) is 0 Å². The third kappa shape index (κ3) is 3.49. The first-order chi connectivity index (χ1) is 9.20. The van der Waals surface area contributed by atoms with E-state index in [4.69, 9.17) is 14.7 Å². The van der Waals surface area contributed by atoms with E-state index in [1.54, 1.807) is 12.1 Å². The van der Waals surface area contributed by atoms with Gasteiger partial charge in [0.2, 0.25) is 6.29 Å². The highest BCUT2D eigenvalue weighted by Crippen LogP contribution is 2.15.